The molecule has 0 N–H and O–H groups in total. The van der Waals surface area contributed by atoms with Crippen molar-refractivity contribution in [1.29, 1.82) is 5.26 Å². The number of likely N-dealkylation sites (tertiary alicyclic amines) is 1. The van der Waals surface area contributed by atoms with E-state index in [2.05, 4.69) is 6.07 Å². The summed E-state index contributed by atoms with van der Waals surface area (Å²) in [5.74, 6) is 0. The van der Waals surface area contributed by atoms with Gasteiger partial charge in [-0.2, -0.15) is 5.26 Å². The topological polar surface area (TPSA) is 53.3 Å². The molecule has 1 heterocycles. The van der Waals surface area contributed by atoms with Crippen molar-refractivity contribution in [3.05, 3.63) is 35.4 Å². The average Bonchev–Trinajstić information content (AvgIpc) is 2.90. The number of hydrogen-bond donors (Lipinski definition) is 0. The highest BCUT2D eigenvalue weighted by Crippen LogP contribution is 2.12. The Morgan fingerprint density at radius 2 is 2.06 bits per heavy atom. The fourth-order valence-electron chi connectivity index (χ4n) is 1.89. The van der Waals surface area contributed by atoms with E-state index < -0.39 is 0 Å². The predicted octanol–water partition coefficient (Wildman–Crippen LogP) is 2.29. The van der Waals surface area contributed by atoms with Gasteiger partial charge < -0.3 is 9.64 Å². The zero-order valence-electron chi connectivity index (χ0n) is 9.56. The second kappa shape index (κ2) is 5.35. The molecule has 4 heteroatoms. The molecule has 0 atom stereocenters. The Hall–Kier alpha value is -2.02. The van der Waals surface area contributed by atoms with Gasteiger partial charge in [-0.05, 0) is 18.9 Å². The number of carbonyl (C=O) groups is 1. The number of carbonyl (C=O) groups excluding carboxylic acids is 1. The summed E-state index contributed by atoms with van der Waals surface area (Å²) < 4.78 is 5.19. The maximum absolute atomic E-state index is 11.6. The molecule has 0 bridgehead atoms. The molecule has 0 radical (unpaired) electrons. The average molecular weight is 230 g/mol. The lowest BCUT2D eigenvalue weighted by atomic mass is 10.1. The van der Waals surface area contributed by atoms with E-state index in [9.17, 15) is 4.79 Å². The molecule has 1 aromatic rings. The van der Waals surface area contributed by atoms with Crippen molar-refractivity contribution in [3.63, 3.8) is 0 Å². The second-order valence-electron chi connectivity index (χ2n) is 4.02. The van der Waals surface area contributed by atoms with Crippen LogP contribution in [0, 0.1) is 11.3 Å². The molecule has 2 rings (SSSR count). The molecular formula is C13H14N2O2. The van der Waals surface area contributed by atoms with Crippen molar-refractivity contribution in [2.75, 3.05) is 13.1 Å². The number of nitrogens with zero attached hydrogens (tertiary/aromatic N) is 2. The van der Waals surface area contributed by atoms with Crippen LogP contribution >= 0.6 is 0 Å². The van der Waals surface area contributed by atoms with Crippen LogP contribution in [-0.2, 0) is 11.3 Å². The fourth-order valence-corrected chi connectivity index (χ4v) is 1.89. The van der Waals surface area contributed by atoms with Crippen LogP contribution in [0.4, 0.5) is 4.79 Å². The summed E-state index contributed by atoms with van der Waals surface area (Å²) in [5, 5.41) is 8.89. The molecular weight excluding hydrogens is 216 g/mol. The first-order valence-electron chi connectivity index (χ1n) is 5.71. The largest absolute Gasteiger partial charge is 0.444 e. The molecule has 0 spiro atoms. The van der Waals surface area contributed by atoms with Crippen molar-refractivity contribution in [1.82, 2.24) is 4.90 Å². The van der Waals surface area contributed by atoms with Crippen LogP contribution in [0.1, 0.15) is 24.0 Å². The lowest BCUT2D eigenvalue weighted by Gasteiger charge is -2.15. The van der Waals surface area contributed by atoms with Crippen molar-refractivity contribution in [2.24, 2.45) is 0 Å². The van der Waals surface area contributed by atoms with Gasteiger partial charge >= 0.3 is 6.09 Å². The Kier molecular flexibility index (Phi) is 3.61. The van der Waals surface area contributed by atoms with Crippen LogP contribution in [0.15, 0.2) is 24.3 Å². The molecule has 88 valence electrons. The monoisotopic (exact) mass is 230 g/mol. The van der Waals surface area contributed by atoms with Gasteiger partial charge in [0.05, 0.1) is 11.6 Å². The summed E-state index contributed by atoms with van der Waals surface area (Å²) in [5.41, 5.74) is 1.31. The van der Waals surface area contributed by atoms with Crippen molar-refractivity contribution < 1.29 is 9.53 Å². The maximum Gasteiger partial charge on any atom is 0.410 e. The number of ether oxygens (including phenoxy) is 1. The Labute approximate surface area is 100 Å². The molecule has 1 fully saturated rings. The van der Waals surface area contributed by atoms with Gasteiger partial charge in [0.25, 0.3) is 0 Å². The van der Waals surface area contributed by atoms with Crippen molar-refractivity contribution in [2.45, 2.75) is 19.4 Å². The summed E-state index contributed by atoms with van der Waals surface area (Å²) in [7, 11) is 0. The highest BCUT2D eigenvalue weighted by Gasteiger charge is 2.19. The zero-order chi connectivity index (χ0) is 12.1. The third-order valence-corrected chi connectivity index (χ3v) is 2.85. The van der Waals surface area contributed by atoms with Gasteiger partial charge in [0.15, 0.2) is 0 Å². The Balaban J connectivity index is 1.93. The smallest absolute Gasteiger partial charge is 0.410 e. The molecule has 4 nitrogen and oxygen atoms in total. The Bertz CT molecular complexity index is 445. The first kappa shape index (κ1) is 11.5. The molecule has 1 saturated heterocycles. The molecule has 17 heavy (non-hydrogen) atoms. The van der Waals surface area contributed by atoms with Gasteiger partial charge in [0, 0.05) is 18.7 Å². The number of hydrogen-bond acceptors (Lipinski definition) is 3. The molecule has 1 aliphatic rings. The van der Waals surface area contributed by atoms with E-state index in [0.717, 1.165) is 31.5 Å². The standard InChI is InChI=1S/C13H14N2O2/c14-9-11-5-1-2-6-12(11)10-17-13(16)15-7-3-4-8-15/h1-2,5-6H,3-4,7-8,10H2. The molecule has 0 unspecified atom stereocenters. The van der Waals surface area contributed by atoms with Gasteiger partial charge in [-0.25, -0.2) is 4.79 Å². The minimum absolute atomic E-state index is 0.166. The first-order chi connectivity index (χ1) is 8.31. The lowest BCUT2D eigenvalue weighted by molar-refractivity contribution is 0.104. The van der Waals surface area contributed by atoms with E-state index in [-0.39, 0.29) is 12.7 Å². The third-order valence-electron chi connectivity index (χ3n) is 2.85. The molecule has 1 aromatic carbocycles. The van der Waals surface area contributed by atoms with Crippen molar-refractivity contribution >= 4 is 6.09 Å². The van der Waals surface area contributed by atoms with Crippen LogP contribution in [0.2, 0.25) is 0 Å². The summed E-state index contributed by atoms with van der Waals surface area (Å²) in [6.45, 7) is 1.72. The lowest BCUT2D eigenvalue weighted by Crippen LogP contribution is -2.28. The fraction of sp³-hybridized carbons (Fsp3) is 0.385. The van der Waals surface area contributed by atoms with Gasteiger partial charge in [0.2, 0.25) is 0 Å². The van der Waals surface area contributed by atoms with Gasteiger partial charge in [-0.1, -0.05) is 18.2 Å². The normalized spacial score (nSPS) is 14.4. The van der Waals surface area contributed by atoms with Gasteiger partial charge in [-0.3, -0.25) is 0 Å². The van der Waals surface area contributed by atoms with E-state index in [4.69, 9.17) is 10.00 Å². The van der Waals surface area contributed by atoms with E-state index >= 15 is 0 Å². The highest BCUT2D eigenvalue weighted by molar-refractivity contribution is 5.68. The van der Waals surface area contributed by atoms with E-state index in [0.29, 0.717) is 5.56 Å². The van der Waals surface area contributed by atoms with E-state index in [1.54, 1.807) is 23.1 Å². The second-order valence-corrected chi connectivity index (χ2v) is 4.02. The van der Waals surface area contributed by atoms with E-state index in [1.165, 1.54) is 0 Å². The van der Waals surface area contributed by atoms with Crippen molar-refractivity contribution in [3.8, 4) is 6.07 Å². The number of benzene rings is 1. The molecule has 1 amide bonds. The highest BCUT2D eigenvalue weighted by atomic mass is 16.6. The van der Waals surface area contributed by atoms with Crippen LogP contribution in [-0.4, -0.2) is 24.1 Å². The summed E-state index contributed by atoms with van der Waals surface area (Å²) in [4.78, 5) is 13.3. The summed E-state index contributed by atoms with van der Waals surface area (Å²) in [6, 6.07) is 9.24. The number of nitriles is 1. The maximum atomic E-state index is 11.6. The first-order valence-corrected chi connectivity index (χ1v) is 5.71. The Morgan fingerprint density at radius 3 is 2.76 bits per heavy atom. The molecule has 0 aliphatic carbocycles. The predicted molar refractivity (Wildman–Crippen MR) is 62.1 cm³/mol. The van der Waals surface area contributed by atoms with Crippen LogP contribution < -0.4 is 0 Å². The quantitative estimate of drug-likeness (QED) is 0.783. The van der Waals surface area contributed by atoms with Gasteiger partial charge in [0.1, 0.15) is 6.61 Å². The molecule has 1 aliphatic heterocycles. The van der Waals surface area contributed by atoms with Crippen LogP contribution in [0.3, 0.4) is 0 Å². The number of amides is 1. The van der Waals surface area contributed by atoms with Crippen LogP contribution in [0.5, 0.6) is 0 Å². The SMILES string of the molecule is N#Cc1ccccc1COC(=O)N1CCCC1. The van der Waals surface area contributed by atoms with Crippen LogP contribution in [0.25, 0.3) is 0 Å². The third kappa shape index (κ3) is 2.76. The van der Waals surface area contributed by atoms with E-state index in [1.807, 2.05) is 6.07 Å². The zero-order valence-corrected chi connectivity index (χ0v) is 9.56. The minimum Gasteiger partial charge on any atom is -0.444 e. The minimum atomic E-state index is -0.282. The molecule has 0 saturated carbocycles. The summed E-state index contributed by atoms with van der Waals surface area (Å²) >= 11 is 0. The van der Waals surface area contributed by atoms with Gasteiger partial charge in [-0.15, -0.1) is 0 Å². The molecule has 0 aromatic heterocycles. The Morgan fingerprint density at radius 1 is 1.35 bits per heavy atom. The number of rotatable bonds is 2. The summed E-state index contributed by atoms with van der Waals surface area (Å²) in [6.07, 6.45) is 1.81.